The second-order valence-corrected chi connectivity index (χ2v) is 6.64. The molecule has 1 aliphatic heterocycles. The Morgan fingerprint density at radius 3 is 2.60 bits per heavy atom. The number of hydrogen-bond donors (Lipinski definition) is 1. The number of sulfonamides is 1. The third-order valence-electron chi connectivity index (χ3n) is 3.34. The fourth-order valence-electron chi connectivity index (χ4n) is 2.30. The summed E-state index contributed by atoms with van der Waals surface area (Å²) in [5.74, 6) is -1.85. The van der Waals surface area contributed by atoms with Crippen molar-refractivity contribution in [3.63, 3.8) is 0 Å². The van der Waals surface area contributed by atoms with E-state index >= 15 is 0 Å². The number of nitrogens with zero attached hydrogens (tertiary/aromatic N) is 3. The lowest BCUT2D eigenvalue weighted by Gasteiger charge is -2.32. The standard InChI is InChI=1S/C10H15F3N4O2S/c1-16-6-15-8(14)9(16)20(18,19)17-4-2-3-7(5-17)10(11,12)13/h6-7H,2-5,14H2,1H3. The number of piperidine rings is 1. The molecule has 0 radical (unpaired) electrons. The number of imidazole rings is 1. The second kappa shape index (κ2) is 4.92. The van der Waals surface area contributed by atoms with E-state index in [1.165, 1.54) is 17.9 Å². The molecule has 0 aromatic carbocycles. The lowest BCUT2D eigenvalue weighted by atomic mass is 9.99. The van der Waals surface area contributed by atoms with Gasteiger partial charge in [-0.15, -0.1) is 0 Å². The molecule has 2 N–H and O–H groups in total. The first-order chi connectivity index (χ1) is 9.14. The summed E-state index contributed by atoms with van der Waals surface area (Å²) in [6.07, 6.45) is -3.07. The number of hydrogen-bond acceptors (Lipinski definition) is 4. The van der Waals surface area contributed by atoms with Crippen LogP contribution in [0.1, 0.15) is 12.8 Å². The summed E-state index contributed by atoms with van der Waals surface area (Å²) in [5, 5.41) is -0.264. The van der Waals surface area contributed by atoms with Crippen LogP contribution in [0.3, 0.4) is 0 Å². The summed E-state index contributed by atoms with van der Waals surface area (Å²) in [5.41, 5.74) is 5.49. The zero-order valence-electron chi connectivity index (χ0n) is 10.8. The fraction of sp³-hybridized carbons (Fsp3) is 0.700. The molecule has 2 heterocycles. The smallest absolute Gasteiger partial charge is 0.381 e. The first-order valence-corrected chi connectivity index (χ1v) is 7.41. The van der Waals surface area contributed by atoms with Crippen LogP contribution in [0, 0.1) is 5.92 Å². The molecule has 0 amide bonds. The number of alkyl halides is 3. The average Bonchev–Trinajstić information content (AvgIpc) is 2.68. The van der Waals surface area contributed by atoms with E-state index in [-0.39, 0.29) is 30.2 Å². The van der Waals surface area contributed by atoms with E-state index in [1.54, 1.807) is 0 Å². The van der Waals surface area contributed by atoms with Crippen LogP contribution in [-0.4, -0.2) is 41.5 Å². The Kier molecular flexibility index (Phi) is 3.71. The number of aromatic nitrogens is 2. The van der Waals surface area contributed by atoms with E-state index in [1.807, 2.05) is 0 Å². The summed E-state index contributed by atoms with van der Waals surface area (Å²) in [6, 6.07) is 0. The van der Waals surface area contributed by atoms with Gasteiger partial charge < -0.3 is 10.3 Å². The van der Waals surface area contributed by atoms with Crippen molar-refractivity contribution in [3.8, 4) is 0 Å². The monoisotopic (exact) mass is 312 g/mol. The molecule has 114 valence electrons. The van der Waals surface area contributed by atoms with E-state index in [0.29, 0.717) is 0 Å². The molecule has 1 saturated heterocycles. The summed E-state index contributed by atoms with van der Waals surface area (Å²) < 4.78 is 65.0. The molecule has 1 aliphatic rings. The predicted octanol–water partition coefficient (Wildman–Crippen LogP) is 0.965. The van der Waals surface area contributed by atoms with Gasteiger partial charge in [-0.3, -0.25) is 0 Å². The van der Waals surface area contributed by atoms with E-state index < -0.39 is 28.7 Å². The molecule has 0 spiro atoms. The Morgan fingerprint density at radius 2 is 2.10 bits per heavy atom. The number of halogens is 3. The maximum Gasteiger partial charge on any atom is 0.393 e. The van der Waals surface area contributed by atoms with Crippen LogP contribution in [0.15, 0.2) is 11.4 Å². The molecule has 6 nitrogen and oxygen atoms in total. The van der Waals surface area contributed by atoms with E-state index in [2.05, 4.69) is 4.98 Å². The molecular formula is C10H15F3N4O2S. The van der Waals surface area contributed by atoms with Gasteiger partial charge in [-0.05, 0) is 12.8 Å². The SMILES string of the molecule is Cn1cnc(N)c1S(=O)(=O)N1CCCC(C(F)(F)F)C1. The van der Waals surface area contributed by atoms with E-state index in [9.17, 15) is 21.6 Å². The minimum atomic E-state index is -4.40. The molecule has 1 atom stereocenters. The second-order valence-electron chi connectivity index (χ2n) is 4.79. The molecule has 1 unspecified atom stereocenters. The molecule has 0 aliphatic carbocycles. The summed E-state index contributed by atoms with van der Waals surface area (Å²) in [4.78, 5) is 3.66. The van der Waals surface area contributed by atoms with Crippen LogP contribution in [0.2, 0.25) is 0 Å². The average molecular weight is 312 g/mol. The molecule has 1 fully saturated rings. The minimum absolute atomic E-state index is 0.0551. The van der Waals surface area contributed by atoms with Crippen LogP contribution in [0.4, 0.5) is 19.0 Å². The highest BCUT2D eigenvalue weighted by Gasteiger charge is 2.45. The molecule has 1 aromatic heterocycles. The zero-order chi connectivity index (χ0) is 15.1. The highest BCUT2D eigenvalue weighted by atomic mass is 32.2. The van der Waals surface area contributed by atoms with Gasteiger partial charge in [0.2, 0.25) is 0 Å². The molecule has 0 bridgehead atoms. The topological polar surface area (TPSA) is 81.2 Å². The lowest BCUT2D eigenvalue weighted by molar-refractivity contribution is -0.182. The molecule has 2 rings (SSSR count). The van der Waals surface area contributed by atoms with Crippen molar-refractivity contribution < 1.29 is 21.6 Å². The van der Waals surface area contributed by atoms with Crippen LogP contribution in [-0.2, 0) is 17.1 Å². The highest BCUT2D eigenvalue weighted by molar-refractivity contribution is 7.89. The predicted molar refractivity (Wildman–Crippen MR) is 65.2 cm³/mol. The van der Waals surface area contributed by atoms with Crippen molar-refractivity contribution >= 4 is 15.8 Å². The number of nitrogen functional groups attached to an aromatic ring is 1. The van der Waals surface area contributed by atoms with E-state index in [4.69, 9.17) is 5.73 Å². The summed E-state index contributed by atoms with van der Waals surface area (Å²) in [6.45, 7) is -0.518. The number of nitrogens with two attached hydrogens (primary N) is 1. The molecule has 10 heteroatoms. The van der Waals surface area contributed by atoms with Gasteiger partial charge in [0, 0.05) is 20.1 Å². The first kappa shape index (κ1) is 15.1. The van der Waals surface area contributed by atoms with Gasteiger partial charge in [0.05, 0.1) is 12.2 Å². The number of anilines is 1. The molecule has 0 saturated carbocycles. The lowest BCUT2D eigenvalue weighted by Crippen LogP contribution is -2.45. The van der Waals surface area contributed by atoms with Crippen LogP contribution >= 0.6 is 0 Å². The molecular weight excluding hydrogens is 297 g/mol. The molecule has 1 aromatic rings. The molecule has 20 heavy (non-hydrogen) atoms. The summed E-state index contributed by atoms with van der Waals surface area (Å²) in [7, 11) is -2.63. The van der Waals surface area contributed by atoms with Crippen LogP contribution < -0.4 is 5.73 Å². The van der Waals surface area contributed by atoms with Gasteiger partial charge >= 0.3 is 6.18 Å². The van der Waals surface area contributed by atoms with E-state index in [0.717, 1.165) is 4.31 Å². The Hall–Kier alpha value is -1.29. The normalized spacial score (nSPS) is 22.1. The fourth-order valence-corrected chi connectivity index (χ4v) is 4.02. The van der Waals surface area contributed by atoms with Crippen LogP contribution in [0.5, 0.6) is 0 Å². The Labute approximate surface area is 114 Å². The first-order valence-electron chi connectivity index (χ1n) is 5.97. The van der Waals surface area contributed by atoms with Crippen molar-refractivity contribution in [1.82, 2.24) is 13.9 Å². The Bertz CT molecular complexity index is 577. The highest BCUT2D eigenvalue weighted by Crippen LogP contribution is 2.35. The van der Waals surface area contributed by atoms with Crippen molar-refractivity contribution in [2.24, 2.45) is 13.0 Å². The van der Waals surface area contributed by atoms with Crippen molar-refractivity contribution in [1.29, 1.82) is 0 Å². The van der Waals surface area contributed by atoms with Gasteiger partial charge in [0.25, 0.3) is 10.0 Å². The quantitative estimate of drug-likeness (QED) is 0.882. The maximum absolute atomic E-state index is 12.7. The van der Waals surface area contributed by atoms with Gasteiger partial charge in [0.1, 0.15) is 0 Å². The van der Waals surface area contributed by atoms with Crippen molar-refractivity contribution in [3.05, 3.63) is 6.33 Å². The van der Waals surface area contributed by atoms with Gasteiger partial charge in [-0.25, -0.2) is 13.4 Å². The van der Waals surface area contributed by atoms with Crippen LogP contribution in [0.25, 0.3) is 0 Å². The van der Waals surface area contributed by atoms with Gasteiger partial charge in [-0.2, -0.15) is 17.5 Å². The van der Waals surface area contributed by atoms with Crippen molar-refractivity contribution in [2.75, 3.05) is 18.8 Å². The van der Waals surface area contributed by atoms with Crippen molar-refractivity contribution in [2.45, 2.75) is 24.0 Å². The third kappa shape index (κ3) is 2.62. The Balaban J connectivity index is 2.31. The van der Waals surface area contributed by atoms with Gasteiger partial charge in [-0.1, -0.05) is 0 Å². The number of rotatable bonds is 2. The summed E-state index contributed by atoms with van der Waals surface area (Å²) >= 11 is 0. The largest absolute Gasteiger partial charge is 0.393 e. The Morgan fingerprint density at radius 1 is 1.45 bits per heavy atom. The van der Waals surface area contributed by atoms with Gasteiger partial charge in [0.15, 0.2) is 10.8 Å². The maximum atomic E-state index is 12.7. The number of aryl methyl sites for hydroxylation is 1. The zero-order valence-corrected chi connectivity index (χ0v) is 11.6. The third-order valence-corrected chi connectivity index (χ3v) is 5.34. The minimum Gasteiger partial charge on any atom is -0.381 e.